The lowest BCUT2D eigenvalue weighted by molar-refractivity contribution is -0.193. The first kappa shape index (κ1) is 90.7. The van der Waals surface area contributed by atoms with E-state index in [9.17, 15) is 110 Å². The molecule has 3 heterocycles. The van der Waals surface area contributed by atoms with Crippen molar-refractivity contribution in [2.75, 3.05) is 156 Å². The third-order valence-corrected chi connectivity index (χ3v) is 13.3. The van der Waals surface area contributed by atoms with E-state index in [1.165, 1.54) is 24.3 Å². The number of amides is 1. The van der Waals surface area contributed by atoms with Crippen molar-refractivity contribution in [2.24, 2.45) is 0 Å². The van der Waals surface area contributed by atoms with Crippen LogP contribution in [0.1, 0.15) is 36.0 Å². The Morgan fingerprint density at radius 2 is 0.707 bits per heavy atom. The molecule has 3 aliphatic rings. The minimum Gasteiger partial charge on any atom is -0.480 e. The monoisotopic (exact) mass is 1470 g/mol. The first-order chi connectivity index (χ1) is 45.6. The van der Waals surface area contributed by atoms with Crippen LogP contribution in [-0.2, 0) is 57.4 Å². The molecule has 8 N–H and O–H groups in total. The molecule has 0 aliphatic carbocycles. The van der Waals surface area contributed by atoms with Gasteiger partial charge >= 0.3 is 78.6 Å². The number of ketones is 1. The van der Waals surface area contributed by atoms with Crippen LogP contribution in [-0.4, -0.2) is 317 Å². The molecule has 1 amide bonds. The van der Waals surface area contributed by atoms with Gasteiger partial charge in [0.2, 0.25) is 5.91 Å². The molecule has 0 aromatic heterocycles. The van der Waals surface area contributed by atoms with E-state index < -0.39 is 84.2 Å². The van der Waals surface area contributed by atoms with Crippen LogP contribution >= 0.6 is 0 Å². The Morgan fingerprint density at radius 1 is 0.404 bits per heavy atom. The van der Waals surface area contributed by atoms with Gasteiger partial charge in [-0.1, -0.05) is 18.2 Å². The van der Waals surface area contributed by atoms with E-state index in [4.69, 9.17) is 63.7 Å². The van der Waals surface area contributed by atoms with E-state index in [0.717, 1.165) is 25.3 Å². The molecule has 1 spiro atoms. The fourth-order valence-corrected chi connectivity index (χ4v) is 8.52. The van der Waals surface area contributed by atoms with Gasteiger partial charge in [-0.2, -0.15) is 65.9 Å². The zero-order chi connectivity index (χ0) is 76.1. The maximum absolute atomic E-state index is 14.1. The number of carbonyl (C=O) groups excluding carboxylic acids is 2. The number of alkyl halides is 15. The van der Waals surface area contributed by atoms with Crippen molar-refractivity contribution in [1.29, 1.82) is 0 Å². The summed E-state index contributed by atoms with van der Waals surface area (Å²) in [6, 6.07) is 15.7. The summed E-state index contributed by atoms with van der Waals surface area (Å²) in [6.07, 6.45) is -23.0. The first-order valence-corrected chi connectivity index (χ1v) is 28.6. The Kier molecular flexibility index (Phi) is 40.3. The number of ether oxygens (including phenoxy) is 3. The van der Waals surface area contributed by atoms with Gasteiger partial charge in [0.15, 0.2) is 5.78 Å². The second-order valence-corrected chi connectivity index (χ2v) is 20.6. The number of hydrogen-bond acceptors (Lipinski definition) is 19. The summed E-state index contributed by atoms with van der Waals surface area (Å²) in [5.41, 5.74) is 0.872. The molecule has 28 nitrogen and oxygen atoms in total. The van der Waals surface area contributed by atoms with Gasteiger partial charge in [0, 0.05) is 96.2 Å². The zero-order valence-corrected chi connectivity index (χ0v) is 51.9. The van der Waals surface area contributed by atoms with Crippen molar-refractivity contribution < 1.29 is 173 Å². The number of para-hydroxylation sites is 1. The van der Waals surface area contributed by atoms with Gasteiger partial charge in [0.05, 0.1) is 65.9 Å². The van der Waals surface area contributed by atoms with Crippen molar-refractivity contribution in [3.63, 3.8) is 0 Å². The Labute approximate surface area is 550 Å². The molecule has 0 bridgehead atoms. The van der Waals surface area contributed by atoms with E-state index in [1.807, 2.05) is 35.2 Å². The lowest BCUT2D eigenvalue weighted by atomic mass is 9.85. The number of carboxylic acid groups (broad SMARTS) is 8. The number of aliphatic carboxylic acids is 8. The summed E-state index contributed by atoms with van der Waals surface area (Å²) >= 11 is 0. The fourth-order valence-electron chi connectivity index (χ4n) is 8.52. The molecule has 5 rings (SSSR count). The number of hydrogen-bond donors (Lipinski definition) is 8. The van der Waals surface area contributed by atoms with E-state index in [0.29, 0.717) is 143 Å². The molecule has 2 aromatic rings. The largest absolute Gasteiger partial charge is 0.490 e. The number of Topliss-reactive ketones (excluding diaryl/α,β-unsaturated/α-hetero) is 1. The van der Waals surface area contributed by atoms with Crippen LogP contribution in [0.3, 0.4) is 0 Å². The van der Waals surface area contributed by atoms with Gasteiger partial charge in [0.1, 0.15) is 11.4 Å². The molecule has 3 fully saturated rings. The van der Waals surface area contributed by atoms with Crippen LogP contribution < -0.4 is 4.90 Å². The fraction of sp³-hybridized carbons (Fsp3) is 0.600. The summed E-state index contributed by atoms with van der Waals surface area (Å²) in [5, 5.41) is 63.9. The van der Waals surface area contributed by atoms with Gasteiger partial charge in [-0.3, -0.25) is 43.6 Å². The van der Waals surface area contributed by atoms with Crippen molar-refractivity contribution in [2.45, 2.75) is 62.1 Å². The van der Waals surface area contributed by atoms with Crippen LogP contribution in [0, 0.1) is 5.82 Å². The molecule has 99 heavy (non-hydrogen) atoms. The Hall–Kier alpha value is -8.30. The molecule has 3 saturated heterocycles. The van der Waals surface area contributed by atoms with Crippen LogP contribution in [0.2, 0.25) is 0 Å². The minimum absolute atomic E-state index is 0.000845. The van der Waals surface area contributed by atoms with Crippen molar-refractivity contribution in [3.05, 3.63) is 66.0 Å². The summed E-state index contributed by atoms with van der Waals surface area (Å²) in [4.78, 5) is 120. The van der Waals surface area contributed by atoms with Crippen molar-refractivity contribution in [3.8, 4) is 0 Å². The Morgan fingerprint density at radius 3 is 1.03 bits per heavy atom. The summed E-state index contributed by atoms with van der Waals surface area (Å²) in [7, 11) is 0. The average Bonchev–Trinajstić information content (AvgIpc) is 1.72. The van der Waals surface area contributed by atoms with E-state index >= 15 is 0 Å². The van der Waals surface area contributed by atoms with Crippen LogP contribution in [0.15, 0.2) is 54.6 Å². The number of benzene rings is 2. The molecular weight excluding hydrogens is 1400 g/mol. The third kappa shape index (κ3) is 39.8. The minimum atomic E-state index is -5.08. The Balaban J connectivity index is 0.00000222. The average molecular weight is 1470 g/mol. The van der Waals surface area contributed by atoms with Crippen molar-refractivity contribution >= 4 is 65.1 Å². The first-order valence-electron chi connectivity index (χ1n) is 28.6. The predicted molar refractivity (Wildman–Crippen MR) is 303 cm³/mol. The standard InChI is InChI=1S/C45H66FN7O11.5C2HF3O2/c46-38-10-8-37(9-11-38)40(54)7-4-14-47-15-12-45(13-16-47)44(61)52(36-53(45)39-5-2-1-3-6-39)26-28-63-30-32-64-31-29-62-27-25-48-17-19-49(33-41(55)56)21-23-51(35-43(59)60)24-22-50(20-18-48)34-42(57)58;5*3-2(4,5)1(6)7/h1-3,5-6,8-11H,4,7,12-36H2,(H,55,56)(H,57,58)(H,59,60);5*(H,6,7). The summed E-state index contributed by atoms with van der Waals surface area (Å²) < 4.78 is 189. The normalized spacial score (nSPS) is 16.2. The number of anilines is 1. The summed E-state index contributed by atoms with van der Waals surface area (Å²) in [5.74, 6) is -17.0. The highest BCUT2D eigenvalue weighted by molar-refractivity contribution is 5.96. The van der Waals surface area contributed by atoms with Crippen LogP contribution in [0.5, 0.6) is 0 Å². The smallest absolute Gasteiger partial charge is 0.480 e. The van der Waals surface area contributed by atoms with Crippen LogP contribution in [0.4, 0.5) is 75.9 Å². The lowest BCUT2D eigenvalue weighted by Crippen LogP contribution is -2.56. The number of rotatable bonds is 24. The molecule has 0 saturated carbocycles. The number of carboxylic acids is 8. The van der Waals surface area contributed by atoms with E-state index in [2.05, 4.69) is 14.7 Å². The molecule has 0 unspecified atom stereocenters. The molecule has 0 radical (unpaired) electrons. The Bertz CT molecular complexity index is 2660. The topological polar surface area (TPSA) is 383 Å². The zero-order valence-electron chi connectivity index (χ0n) is 51.9. The van der Waals surface area contributed by atoms with E-state index in [-0.39, 0.29) is 37.1 Å². The number of piperidine rings is 1. The molecule has 0 atom stereocenters. The van der Waals surface area contributed by atoms with E-state index in [1.54, 1.807) is 14.7 Å². The lowest BCUT2D eigenvalue weighted by Gasteiger charge is -2.43. The number of halogens is 16. The van der Waals surface area contributed by atoms with Crippen LogP contribution in [0.25, 0.3) is 0 Å². The van der Waals surface area contributed by atoms with Gasteiger partial charge < -0.3 is 69.8 Å². The molecule has 2 aromatic carbocycles. The quantitative estimate of drug-likeness (QED) is 0.0404. The van der Waals surface area contributed by atoms with Gasteiger partial charge in [0.25, 0.3) is 0 Å². The third-order valence-electron chi connectivity index (χ3n) is 13.3. The van der Waals surface area contributed by atoms with Crippen molar-refractivity contribution in [1.82, 2.24) is 29.4 Å². The highest BCUT2D eigenvalue weighted by Crippen LogP contribution is 2.39. The summed E-state index contributed by atoms with van der Waals surface area (Å²) in [6.45, 7) is 8.70. The molecular formula is C55H71F16N7O21. The highest BCUT2D eigenvalue weighted by atomic mass is 19.4. The SMILES string of the molecule is O=C(O)C(F)(F)F.O=C(O)C(F)(F)F.O=C(O)C(F)(F)F.O=C(O)C(F)(F)F.O=C(O)C(F)(F)F.O=C(O)CN1CCN(CCOCCOCCOCCN2CN(c3ccccc3)C3(CCN(CCCC(=O)c4ccc(F)cc4)CC3)C2=O)CCN(CC(=O)O)CCN(CC(=O)O)CC1. The molecule has 564 valence electrons. The number of nitrogens with zero attached hydrogens (tertiary/aromatic N) is 7. The predicted octanol–water partition coefficient (Wildman–Crippen LogP) is 4.62. The second-order valence-electron chi connectivity index (χ2n) is 20.6. The number of carbonyl (C=O) groups is 10. The maximum atomic E-state index is 14.1. The molecule has 3 aliphatic heterocycles. The van der Waals surface area contributed by atoms with Gasteiger partial charge in [-0.15, -0.1) is 0 Å². The highest BCUT2D eigenvalue weighted by Gasteiger charge is 2.53. The molecule has 44 heteroatoms. The number of likely N-dealkylation sites (tertiary alicyclic amines) is 1. The van der Waals surface area contributed by atoms with Gasteiger partial charge in [-0.05, 0) is 62.2 Å². The maximum Gasteiger partial charge on any atom is 0.490 e. The second kappa shape index (κ2) is 44.0. The van der Waals surface area contributed by atoms with Gasteiger partial charge in [-0.25, -0.2) is 28.4 Å².